The first kappa shape index (κ1) is 14.4. The Kier molecular flexibility index (Phi) is 4.07. The number of aromatic nitrogens is 1. The third kappa shape index (κ3) is 2.94. The molecule has 0 fully saturated rings. The molecule has 8 nitrogen and oxygen atoms in total. The molecule has 0 bridgehead atoms. The number of methoxy groups -OCH3 is 2. The van der Waals surface area contributed by atoms with Crippen LogP contribution in [0.25, 0.3) is 0 Å². The second-order valence-electron chi connectivity index (χ2n) is 3.90. The van der Waals surface area contributed by atoms with Gasteiger partial charge in [-0.15, -0.1) is 0 Å². The highest BCUT2D eigenvalue weighted by atomic mass is 16.6. The van der Waals surface area contributed by atoms with Crippen molar-refractivity contribution >= 4 is 11.5 Å². The summed E-state index contributed by atoms with van der Waals surface area (Å²) in [5, 5.41) is 10.7. The lowest BCUT2D eigenvalue weighted by Gasteiger charge is -2.13. The van der Waals surface area contributed by atoms with Crippen LogP contribution in [-0.4, -0.2) is 24.1 Å². The molecule has 8 heteroatoms. The van der Waals surface area contributed by atoms with E-state index in [1.54, 1.807) is 18.2 Å². The quantitative estimate of drug-likeness (QED) is 0.665. The SMILES string of the molecule is COc1cccc(OC)c1Oc1ccc([N+](=O)[O-])c(N)n1. The normalized spacial score (nSPS) is 10.0. The van der Waals surface area contributed by atoms with E-state index in [-0.39, 0.29) is 17.4 Å². The van der Waals surface area contributed by atoms with Crippen LogP contribution >= 0.6 is 0 Å². The minimum absolute atomic E-state index is 0.0981. The van der Waals surface area contributed by atoms with Gasteiger partial charge in [0.1, 0.15) is 0 Å². The molecule has 2 aromatic rings. The first-order chi connectivity index (χ1) is 10.1. The Bertz CT molecular complexity index is 653. The molecule has 1 aromatic heterocycles. The molecule has 0 saturated carbocycles. The average Bonchev–Trinajstić information content (AvgIpc) is 2.47. The monoisotopic (exact) mass is 291 g/mol. The molecule has 0 spiro atoms. The zero-order valence-electron chi connectivity index (χ0n) is 11.4. The molecule has 0 aliphatic heterocycles. The van der Waals surface area contributed by atoms with Gasteiger partial charge in [0.25, 0.3) is 0 Å². The molecular weight excluding hydrogens is 278 g/mol. The lowest BCUT2D eigenvalue weighted by Crippen LogP contribution is -2.00. The molecule has 2 N–H and O–H groups in total. The summed E-state index contributed by atoms with van der Waals surface area (Å²) in [4.78, 5) is 13.9. The van der Waals surface area contributed by atoms with E-state index in [4.69, 9.17) is 19.9 Å². The zero-order chi connectivity index (χ0) is 15.4. The maximum Gasteiger partial charge on any atom is 0.311 e. The minimum Gasteiger partial charge on any atom is -0.493 e. The second kappa shape index (κ2) is 5.95. The molecule has 0 aliphatic rings. The Morgan fingerprint density at radius 3 is 2.24 bits per heavy atom. The van der Waals surface area contributed by atoms with E-state index in [2.05, 4.69) is 4.98 Å². The Morgan fingerprint density at radius 2 is 1.76 bits per heavy atom. The molecule has 110 valence electrons. The summed E-state index contributed by atoms with van der Waals surface area (Å²) in [6.07, 6.45) is 0. The molecule has 2 rings (SSSR count). The van der Waals surface area contributed by atoms with Crippen LogP contribution in [0.5, 0.6) is 23.1 Å². The number of nitrogens with zero attached hydrogens (tertiary/aromatic N) is 2. The number of benzene rings is 1. The fourth-order valence-electron chi connectivity index (χ4n) is 1.68. The largest absolute Gasteiger partial charge is 0.493 e. The van der Waals surface area contributed by atoms with Gasteiger partial charge in [-0.3, -0.25) is 10.1 Å². The van der Waals surface area contributed by atoms with Crippen LogP contribution in [0.2, 0.25) is 0 Å². The van der Waals surface area contributed by atoms with Crippen molar-refractivity contribution in [3.63, 3.8) is 0 Å². The van der Waals surface area contributed by atoms with Crippen LogP contribution in [0.3, 0.4) is 0 Å². The minimum atomic E-state index is -0.615. The van der Waals surface area contributed by atoms with E-state index in [9.17, 15) is 10.1 Å². The van der Waals surface area contributed by atoms with Gasteiger partial charge in [-0.25, -0.2) is 0 Å². The lowest BCUT2D eigenvalue weighted by molar-refractivity contribution is -0.384. The van der Waals surface area contributed by atoms with Crippen molar-refractivity contribution in [1.82, 2.24) is 4.98 Å². The number of rotatable bonds is 5. The molecular formula is C13H13N3O5. The van der Waals surface area contributed by atoms with Gasteiger partial charge in [-0.1, -0.05) is 6.07 Å². The van der Waals surface area contributed by atoms with Crippen molar-refractivity contribution in [1.29, 1.82) is 0 Å². The van der Waals surface area contributed by atoms with Crippen LogP contribution in [0.15, 0.2) is 30.3 Å². The highest BCUT2D eigenvalue weighted by molar-refractivity contribution is 5.56. The molecule has 0 atom stereocenters. The molecule has 1 aromatic carbocycles. The molecule has 0 radical (unpaired) electrons. The average molecular weight is 291 g/mol. The van der Waals surface area contributed by atoms with E-state index < -0.39 is 4.92 Å². The molecule has 1 heterocycles. The Balaban J connectivity index is 2.38. The third-order valence-corrected chi connectivity index (χ3v) is 2.66. The number of nitrogen functional groups attached to an aromatic ring is 1. The molecule has 21 heavy (non-hydrogen) atoms. The first-order valence-electron chi connectivity index (χ1n) is 5.86. The van der Waals surface area contributed by atoms with Crippen LogP contribution < -0.4 is 19.9 Å². The molecule has 0 unspecified atom stereocenters. The van der Waals surface area contributed by atoms with Crippen molar-refractivity contribution in [2.45, 2.75) is 0 Å². The van der Waals surface area contributed by atoms with Crippen molar-refractivity contribution in [3.8, 4) is 23.1 Å². The van der Waals surface area contributed by atoms with Gasteiger partial charge < -0.3 is 19.9 Å². The number of hydrogen-bond acceptors (Lipinski definition) is 7. The van der Waals surface area contributed by atoms with Gasteiger partial charge >= 0.3 is 5.69 Å². The topological polar surface area (TPSA) is 110 Å². The van der Waals surface area contributed by atoms with E-state index in [1.165, 1.54) is 26.4 Å². The number of ether oxygens (including phenoxy) is 3. The Hall–Kier alpha value is -3.03. The third-order valence-electron chi connectivity index (χ3n) is 2.66. The van der Waals surface area contributed by atoms with Gasteiger partial charge in [0.15, 0.2) is 11.5 Å². The van der Waals surface area contributed by atoms with E-state index in [0.29, 0.717) is 17.2 Å². The number of pyridine rings is 1. The Morgan fingerprint density at radius 1 is 1.14 bits per heavy atom. The maximum absolute atomic E-state index is 10.7. The van der Waals surface area contributed by atoms with Crippen molar-refractivity contribution in [2.75, 3.05) is 20.0 Å². The number of para-hydroxylation sites is 1. The maximum atomic E-state index is 10.7. The summed E-state index contributed by atoms with van der Waals surface area (Å²) in [6.45, 7) is 0. The van der Waals surface area contributed by atoms with Crippen molar-refractivity contribution in [2.24, 2.45) is 0 Å². The van der Waals surface area contributed by atoms with Crippen molar-refractivity contribution < 1.29 is 19.1 Å². The molecule has 0 amide bonds. The van der Waals surface area contributed by atoms with Gasteiger partial charge in [0.05, 0.1) is 19.1 Å². The predicted molar refractivity (Wildman–Crippen MR) is 74.9 cm³/mol. The highest BCUT2D eigenvalue weighted by Crippen LogP contribution is 2.39. The first-order valence-corrected chi connectivity index (χ1v) is 5.86. The van der Waals surface area contributed by atoms with Crippen LogP contribution in [0.4, 0.5) is 11.5 Å². The summed E-state index contributed by atoms with van der Waals surface area (Å²) in [5.41, 5.74) is 5.24. The fourth-order valence-corrected chi connectivity index (χ4v) is 1.68. The highest BCUT2D eigenvalue weighted by Gasteiger charge is 2.17. The van der Waals surface area contributed by atoms with Gasteiger partial charge in [0, 0.05) is 12.1 Å². The predicted octanol–water partition coefficient (Wildman–Crippen LogP) is 2.38. The molecule has 0 saturated heterocycles. The van der Waals surface area contributed by atoms with E-state index >= 15 is 0 Å². The number of hydrogen-bond donors (Lipinski definition) is 1. The smallest absolute Gasteiger partial charge is 0.311 e. The van der Waals surface area contributed by atoms with Gasteiger partial charge in [-0.05, 0) is 12.1 Å². The van der Waals surface area contributed by atoms with E-state index in [0.717, 1.165) is 0 Å². The van der Waals surface area contributed by atoms with Gasteiger partial charge in [0.2, 0.25) is 17.4 Å². The van der Waals surface area contributed by atoms with E-state index in [1.807, 2.05) is 0 Å². The number of nitro groups is 1. The number of nitrogens with two attached hydrogens (primary N) is 1. The summed E-state index contributed by atoms with van der Waals surface area (Å²) in [6, 6.07) is 7.68. The van der Waals surface area contributed by atoms with Gasteiger partial charge in [-0.2, -0.15) is 4.98 Å². The number of anilines is 1. The summed E-state index contributed by atoms with van der Waals surface area (Å²) >= 11 is 0. The summed E-state index contributed by atoms with van der Waals surface area (Å²) < 4.78 is 15.9. The van der Waals surface area contributed by atoms with Crippen molar-refractivity contribution in [3.05, 3.63) is 40.4 Å². The molecule has 0 aliphatic carbocycles. The van der Waals surface area contributed by atoms with Crippen LogP contribution in [0.1, 0.15) is 0 Å². The summed E-state index contributed by atoms with van der Waals surface area (Å²) in [7, 11) is 2.97. The Labute approximate surface area is 120 Å². The summed E-state index contributed by atoms with van der Waals surface area (Å²) in [5.74, 6) is 1.05. The fraction of sp³-hybridized carbons (Fsp3) is 0.154. The van der Waals surface area contributed by atoms with Crippen LogP contribution in [0, 0.1) is 10.1 Å². The van der Waals surface area contributed by atoms with Crippen LogP contribution in [-0.2, 0) is 0 Å². The standard InChI is InChI=1S/C13H13N3O5/c1-19-9-4-3-5-10(20-2)12(9)21-11-7-6-8(16(17)18)13(14)15-11/h3-7H,1-2H3,(H2,14,15). The zero-order valence-corrected chi connectivity index (χ0v) is 11.4. The lowest BCUT2D eigenvalue weighted by atomic mass is 10.3. The second-order valence-corrected chi connectivity index (χ2v) is 3.90.